The SMILES string of the molecule is CCCC(C)(Oc1ccc(Cl)cc1)C(=O)N1CCN(Cc2ccccc2)CC1. The Morgan fingerprint density at radius 2 is 1.68 bits per heavy atom. The topological polar surface area (TPSA) is 32.8 Å². The smallest absolute Gasteiger partial charge is 0.266 e. The van der Waals surface area contributed by atoms with Crippen LogP contribution in [0.1, 0.15) is 32.3 Å². The van der Waals surface area contributed by atoms with Gasteiger partial charge in [-0.3, -0.25) is 9.69 Å². The Kier molecular flexibility index (Phi) is 6.97. The molecule has 0 N–H and O–H groups in total. The lowest BCUT2D eigenvalue weighted by atomic mass is 9.97. The standard InChI is InChI=1S/C23H29ClN2O2/c1-3-13-23(2,28-21-11-9-20(24)10-12-21)22(27)26-16-14-25(15-17-26)18-19-7-5-4-6-8-19/h4-12H,3,13-18H2,1-2H3. The van der Waals surface area contributed by atoms with Gasteiger partial charge in [0.2, 0.25) is 0 Å². The summed E-state index contributed by atoms with van der Waals surface area (Å²) in [5, 5.41) is 0.658. The Hall–Kier alpha value is -2.04. The van der Waals surface area contributed by atoms with Crippen molar-refractivity contribution in [2.75, 3.05) is 26.2 Å². The van der Waals surface area contributed by atoms with Crippen molar-refractivity contribution in [3.05, 3.63) is 65.2 Å². The van der Waals surface area contributed by atoms with E-state index in [1.807, 2.05) is 30.0 Å². The molecular formula is C23H29ClN2O2. The molecule has 1 atom stereocenters. The number of amides is 1. The minimum Gasteiger partial charge on any atom is -0.478 e. The number of halogens is 1. The van der Waals surface area contributed by atoms with E-state index in [2.05, 4.69) is 36.1 Å². The first-order valence-electron chi connectivity index (χ1n) is 10.0. The second-order valence-corrected chi connectivity index (χ2v) is 8.03. The maximum Gasteiger partial charge on any atom is 0.266 e. The van der Waals surface area contributed by atoms with Crippen molar-refractivity contribution < 1.29 is 9.53 Å². The highest BCUT2D eigenvalue weighted by atomic mass is 35.5. The van der Waals surface area contributed by atoms with Crippen molar-refractivity contribution in [2.24, 2.45) is 0 Å². The van der Waals surface area contributed by atoms with E-state index in [1.165, 1.54) is 5.56 Å². The van der Waals surface area contributed by atoms with Gasteiger partial charge in [0.05, 0.1) is 0 Å². The van der Waals surface area contributed by atoms with E-state index in [9.17, 15) is 4.79 Å². The van der Waals surface area contributed by atoms with E-state index >= 15 is 0 Å². The summed E-state index contributed by atoms with van der Waals surface area (Å²) in [4.78, 5) is 17.7. The first-order chi connectivity index (χ1) is 13.5. The van der Waals surface area contributed by atoms with Gasteiger partial charge in [0.25, 0.3) is 5.91 Å². The van der Waals surface area contributed by atoms with E-state index in [-0.39, 0.29) is 5.91 Å². The molecule has 28 heavy (non-hydrogen) atoms. The van der Waals surface area contributed by atoms with Gasteiger partial charge < -0.3 is 9.64 Å². The van der Waals surface area contributed by atoms with Gasteiger partial charge in [-0.15, -0.1) is 0 Å². The maximum atomic E-state index is 13.3. The van der Waals surface area contributed by atoms with Crippen LogP contribution in [0, 0.1) is 0 Å². The van der Waals surface area contributed by atoms with Crippen LogP contribution in [0.3, 0.4) is 0 Å². The number of hydrogen-bond acceptors (Lipinski definition) is 3. The molecule has 1 aliphatic heterocycles. The Bertz CT molecular complexity index is 758. The molecule has 0 radical (unpaired) electrons. The van der Waals surface area contributed by atoms with E-state index < -0.39 is 5.60 Å². The number of nitrogens with zero attached hydrogens (tertiary/aromatic N) is 2. The summed E-state index contributed by atoms with van der Waals surface area (Å²) in [5.41, 5.74) is 0.452. The summed E-state index contributed by atoms with van der Waals surface area (Å²) in [7, 11) is 0. The number of carbonyl (C=O) groups is 1. The third-order valence-electron chi connectivity index (χ3n) is 5.24. The molecule has 5 heteroatoms. The lowest BCUT2D eigenvalue weighted by Gasteiger charge is -2.39. The lowest BCUT2D eigenvalue weighted by molar-refractivity contribution is -0.149. The van der Waals surface area contributed by atoms with Gasteiger partial charge in [0.15, 0.2) is 5.60 Å². The molecule has 1 saturated heterocycles. The molecule has 2 aromatic carbocycles. The fraction of sp³-hybridized carbons (Fsp3) is 0.435. The minimum atomic E-state index is -0.857. The van der Waals surface area contributed by atoms with Crippen LogP contribution in [0.5, 0.6) is 5.75 Å². The van der Waals surface area contributed by atoms with Crippen LogP contribution in [0.4, 0.5) is 0 Å². The molecule has 0 bridgehead atoms. The zero-order chi connectivity index (χ0) is 20.0. The third-order valence-corrected chi connectivity index (χ3v) is 5.50. The van der Waals surface area contributed by atoms with E-state index in [1.54, 1.807) is 12.1 Å². The zero-order valence-electron chi connectivity index (χ0n) is 16.7. The zero-order valence-corrected chi connectivity index (χ0v) is 17.5. The summed E-state index contributed by atoms with van der Waals surface area (Å²) in [5.74, 6) is 0.750. The monoisotopic (exact) mass is 400 g/mol. The van der Waals surface area contributed by atoms with Crippen molar-refractivity contribution in [1.29, 1.82) is 0 Å². The number of rotatable bonds is 7. The highest BCUT2D eigenvalue weighted by Gasteiger charge is 2.39. The van der Waals surface area contributed by atoms with Gasteiger partial charge in [0.1, 0.15) is 5.75 Å². The summed E-state index contributed by atoms with van der Waals surface area (Å²) in [6, 6.07) is 17.7. The van der Waals surface area contributed by atoms with Crippen molar-refractivity contribution in [1.82, 2.24) is 9.80 Å². The number of hydrogen-bond donors (Lipinski definition) is 0. The molecule has 0 aromatic heterocycles. The largest absolute Gasteiger partial charge is 0.478 e. The second kappa shape index (κ2) is 9.44. The summed E-state index contributed by atoms with van der Waals surface area (Å²) in [6.45, 7) is 8.13. The van der Waals surface area contributed by atoms with Gasteiger partial charge in [-0.1, -0.05) is 55.3 Å². The number of benzene rings is 2. The van der Waals surface area contributed by atoms with Crippen molar-refractivity contribution in [3.63, 3.8) is 0 Å². The summed E-state index contributed by atoms with van der Waals surface area (Å²) >= 11 is 5.96. The summed E-state index contributed by atoms with van der Waals surface area (Å²) in [6.07, 6.45) is 1.56. The highest BCUT2D eigenvalue weighted by molar-refractivity contribution is 6.30. The molecule has 1 aliphatic rings. The van der Waals surface area contributed by atoms with Crippen LogP contribution in [-0.4, -0.2) is 47.5 Å². The molecule has 1 fully saturated rings. The molecule has 0 aliphatic carbocycles. The van der Waals surface area contributed by atoms with Gasteiger partial charge in [0, 0.05) is 37.7 Å². The van der Waals surface area contributed by atoms with Gasteiger partial charge >= 0.3 is 0 Å². The van der Waals surface area contributed by atoms with Gasteiger partial charge in [-0.2, -0.15) is 0 Å². The Labute approximate surface area is 173 Å². The molecule has 3 rings (SSSR count). The normalized spacial score (nSPS) is 17.2. The average Bonchev–Trinajstić information content (AvgIpc) is 2.71. The van der Waals surface area contributed by atoms with E-state index in [4.69, 9.17) is 16.3 Å². The molecular weight excluding hydrogens is 372 g/mol. The molecule has 2 aromatic rings. The van der Waals surface area contributed by atoms with Crippen LogP contribution in [0.25, 0.3) is 0 Å². The fourth-order valence-corrected chi connectivity index (χ4v) is 3.85. The average molecular weight is 401 g/mol. The molecule has 1 heterocycles. The molecule has 150 valence electrons. The van der Waals surface area contributed by atoms with E-state index in [0.29, 0.717) is 17.2 Å². The predicted octanol–water partition coefficient (Wildman–Crippen LogP) is 4.62. The second-order valence-electron chi connectivity index (χ2n) is 7.59. The van der Waals surface area contributed by atoms with Crippen molar-refractivity contribution >= 4 is 17.5 Å². The molecule has 0 saturated carbocycles. The molecule has 4 nitrogen and oxygen atoms in total. The molecule has 1 amide bonds. The quantitative estimate of drug-likeness (QED) is 0.679. The van der Waals surface area contributed by atoms with E-state index in [0.717, 1.165) is 39.1 Å². The third kappa shape index (κ3) is 5.27. The predicted molar refractivity (Wildman–Crippen MR) is 114 cm³/mol. The van der Waals surface area contributed by atoms with Crippen LogP contribution < -0.4 is 4.74 Å². The van der Waals surface area contributed by atoms with Gasteiger partial charge in [-0.05, 0) is 43.2 Å². The Balaban J connectivity index is 1.61. The highest BCUT2D eigenvalue weighted by Crippen LogP contribution is 2.27. The van der Waals surface area contributed by atoms with Gasteiger partial charge in [-0.25, -0.2) is 0 Å². The lowest BCUT2D eigenvalue weighted by Crippen LogP contribution is -2.56. The molecule has 1 unspecified atom stereocenters. The number of carbonyl (C=O) groups excluding carboxylic acids is 1. The molecule has 0 spiro atoms. The van der Waals surface area contributed by atoms with Crippen molar-refractivity contribution in [3.8, 4) is 5.75 Å². The maximum absolute atomic E-state index is 13.3. The number of piperazine rings is 1. The summed E-state index contributed by atoms with van der Waals surface area (Å²) < 4.78 is 6.17. The van der Waals surface area contributed by atoms with Crippen LogP contribution in [0.2, 0.25) is 5.02 Å². The Morgan fingerprint density at radius 1 is 1.04 bits per heavy atom. The minimum absolute atomic E-state index is 0.0728. The van der Waals surface area contributed by atoms with Crippen LogP contribution >= 0.6 is 11.6 Å². The van der Waals surface area contributed by atoms with Crippen LogP contribution in [-0.2, 0) is 11.3 Å². The Morgan fingerprint density at radius 3 is 2.29 bits per heavy atom. The fourth-order valence-electron chi connectivity index (χ4n) is 3.73. The van der Waals surface area contributed by atoms with Crippen LogP contribution in [0.15, 0.2) is 54.6 Å². The number of ether oxygens (including phenoxy) is 1. The first-order valence-corrected chi connectivity index (χ1v) is 10.4. The van der Waals surface area contributed by atoms with Crippen molar-refractivity contribution in [2.45, 2.75) is 38.8 Å². The first kappa shape index (κ1) is 20.7.